The summed E-state index contributed by atoms with van der Waals surface area (Å²) in [6.45, 7) is 0.359. The molecule has 0 unspecified atom stereocenters. The largest absolute Gasteiger partial charge is 0.497 e. The van der Waals surface area contributed by atoms with Gasteiger partial charge in [0.25, 0.3) is 5.91 Å². The van der Waals surface area contributed by atoms with Crippen LogP contribution >= 0.6 is 22.9 Å². The molecule has 3 amide bonds. The van der Waals surface area contributed by atoms with E-state index in [4.69, 9.17) is 16.3 Å². The van der Waals surface area contributed by atoms with Gasteiger partial charge in [0.2, 0.25) is 0 Å². The lowest BCUT2D eigenvalue weighted by atomic mass is 10.2. The van der Waals surface area contributed by atoms with E-state index in [-0.39, 0.29) is 11.6 Å². The smallest absolute Gasteiger partial charge is 0.325 e. The standard InChI is InChI=1S/C19H17ClN4O3S/c1-27-15-7-5-12(6-8-15)10-21-17(25)16-11-28-19(23-16)24-18(26)22-14-4-2-3-13(20)9-14/h2-9,11H,10H2,1H3,(H,21,25)(H2,22,23,24,26). The Morgan fingerprint density at radius 1 is 1.14 bits per heavy atom. The molecule has 0 aliphatic rings. The zero-order chi connectivity index (χ0) is 19.9. The van der Waals surface area contributed by atoms with Gasteiger partial charge in [0.05, 0.1) is 7.11 Å². The first-order valence-electron chi connectivity index (χ1n) is 8.24. The number of aromatic nitrogens is 1. The number of anilines is 2. The lowest BCUT2D eigenvalue weighted by molar-refractivity contribution is 0.0946. The maximum absolute atomic E-state index is 12.2. The SMILES string of the molecule is COc1ccc(CNC(=O)c2csc(NC(=O)Nc3cccc(Cl)c3)n2)cc1. The van der Waals surface area contributed by atoms with Crippen LogP contribution in [0, 0.1) is 0 Å². The minimum Gasteiger partial charge on any atom is -0.497 e. The molecule has 3 rings (SSSR count). The fourth-order valence-electron chi connectivity index (χ4n) is 2.28. The molecule has 9 heteroatoms. The third kappa shape index (κ3) is 5.45. The highest BCUT2D eigenvalue weighted by Gasteiger charge is 2.12. The fourth-order valence-corrected chi connectivity index (χ4v) is 3.15. The molecular weight excluding hydrogens is 400 g/mol. The molecule has 3 aromatic rings. The number of halogens is 1. The number of nitrogens with zero attached hydrogens (tertiary/aromatic N) is 1. The Hall–Kier alpha value is -3.10. The Balaban J connectivity index is 1.52. The van der Waals surface area contributed by atoms with E-state index < -0.39 is 6.03 Å². The number of carbonyl (C=O) groups excluding carboxylic acids is 2. The second kappa shape index (κ2) is 9.20. The summed E-state index contributed by atoms with van der Waals surface area (Å²) in [5, 5.41) is 10.4. The van der Waals surface area contributed by atoms with Crippen molar-refractivity contribution in [3.8, 4) is 5.75 Å². The molecule has 2 aromatic carbocycles. The topological polar surface area (TPSA) is 92.4 Å². The maximum Gasteiger partial charge on any atom is 0.325 e. The first kappa shape index (κ1) is 19.7. The highest BCUT2D eigenvalue weighted by atomic mass is 35.5. The molecule has 3 N–H and O–H groups in total. The summed E-state index contributed by atoms with van der Waals surface area (Å²) in [5.74, 6) is 0.428. The van der Waals surface area contributed by atoms with Gasteiger partial charge >= 0.3 is 6.03 Å². The van der Waals surface area contributed by atoms with Gasteiger partial charge in [-0.2, -0.15) is 0 Å². The third-order valence-corrected chi connectivity index (χ3v) is 4.64. The Labute approximate surface area is 170 Å². The Morgan fingerprint density at radius 2 is 1.93 bits per heavy atom. The van der Waals surface area contributed by atoms with E-state index in [1.54, 1.807) is 36.8 Å². The van der Waals surface area contributed by atoms with E-state index in [1.807, 2.05) is 24.3 Å². The Bertz CT molecular complexity index is 975. The van der Waals surface area contributed by atoms with Crippen molar-refractivity contribution in [3.05, 3.63) is 70.2 Å². The average molecular weight is 417 g/mol. The second-order valence-corrected chi connectivity index (χ2v) is 6.95. The molecule has 0 atom stereocenters. The number of rotatable bonds is 6. The predicted octanol–water partition coefficient (Wildman–Crippen LogP) is 4.38. The van der Waals surface area contributed by atoms with Gasteiger partial charge < -0.3 is 15.4 Å². The number of thiazole rings is 1. The molecule has 7 nitrogen and oxygen atoms in total. The van der Waals surface area contributed by atoms with Crippen LogP contribution in [0.4, 0.5) is 15.6 Å². The van der Waals surface area contributed by atoms with Crippen LogP contribution in [-0.2, 0) is 6.54 Å². The van der Waals surface area contributed by atoms with Crippen molar-refractivity contribution in [2.45, 2.75) is 6.54 Å². The monoisotopic (exact) mass is 416 g/mol. The molecule has 1 heterocycles. The summed E-state index contributed by atoms with van der Waals surface area (Å²) >= 11 is 7.04. The fraction of sp³-hybridized carbons (Fsp3) is 0.105. The van der Waals surface area contributed by atoms with E-state index in [0.717, 1.165) is 22.6 Å². The van der Waals surface area contributed by atoms with E-state index >= 15 is 0 Å². The van der Waals surface area contributed by atoms with Gasteiger partial charge in [-0.3, -0.25) is 10.1 Å². The van der Waals surface area contributed by atoms with Crippen LogP contribution in [0.25, 0.3) is 0 Å². The maximum atomic E-state index is 12.2. The number of nitrogens with one attached hydrogen (secondary N) is 3. The van der Waals surface area contributed by atoms with Gasteiger partial charge in [-0.1, -0.05) is 29.8 Å². The van der Waals surface area contributed by atoms with Crippen LogP contribution in [0.5, 0.6) is 5.75 Å². The van der Waals surface area contributed by atoms with Crippen LogP contribution < -0.4 is 20.7 Å². The minimum atomic E-state index is -0.471. The zero-order valence-electron chi connectivity index (χ0n) is 14.9. The number of ether oxygens (including phenoxy) is 1. The number of benzene rings is 2. The zero-order valence-corrected chi connectivity index (χ0v) is 16.4. The number of methoxy groups -OCH3 is 1. The van der Waals surface area contributed by atoms with Crippen LogP contribution in [0.2, 0.25) is 5.02 Å². The summed E-state index contributed by atoms with van der Waals surface area (Å²) in [6, 6.07) is 13.7. The molecule has 1 aromatic heterocycles. The molecule has 0 bridgehead atoms. The van der Waals surface area contributed by atoms with E-state index in [9.17, 15) is 9.59 Å². The number of carbonyl (C=O) groups is 2. The molecule has 0 aliphatic carbocycles. The van der Waals surface area contributed by atoms with Crippen molar-refractivity contribution in [2.75, 3.05) is 17.7 Å². The summed E-state index contributed by atoms with van der Waals surface area (Å²) in [7, 11) is 1.60. The lowest BCUT2D eigenvalue weighted by Crippen LogP contribution is -2.23. The first-order valence-corrected chi connectivity index (χ1v) is 9.49. The third-order valence-electron chi connectivity index (χ3n) is 3.65. The van der Waals surface area contributed by atoms with Gasteiger partial charge in [-0.05, 0) is 35.9 Å². The van der Waals surface area contributed by atoms with Crippen molar-refractivity contribution >= 4 is 45.7 Å². The minimum absolute atomic E-state index is 0.233. The normalized spacial score (nSPS) is 10.2. The van der Waals surface area contributed by atoms with Crippen molar-refractivity contribution in [3.63, 3.8) is 0 Å². The summed E-state index contributed by atoms with van der Waals surface area (Å²) in [6.07, 6.45) is 0. The number of amides is 3. The molecule has 28 heavy (non-hydrogen) atoms. The lowest BCUT2D eigenvalue weighted by Gasteiger charge is -2.06. The van der Waals surface area contributed by atoms with Crippen LogP contribution in [0.15, 0.2) is 53.9 Å². The van der Waals surface area contributed by atoms with Crippen molar-refractivity contribution < 1.29 is 14.3 Å². The molecule has 144 valence electrons. The van der Waals surface area contributed by atoms with E-state index in [1.165, 1.54) is 0 Å². The average Bonchev–Trinajstić information content (AvgIpc) is 3.15. The van der Waals surface area contributed by atoms with Crippen molar-refractivity contribution in [2.24, 2.45) is 0 Å². The number of hydrogen-bond donors (Lipinski definition) is 3. The first-order chi connectivity index (χ1) is 13.5. The quantitative estimate of drug-likeness (QED) is 0.556. The van der Waals surface area contributed by atoms with Crippen molar-refractivity contribution in [1.29, 1.82) is 0 Å². The molecular formula is C19H17ClN4O3S. The van der Waals surface area contributed by atoms with Gasteiger partial charge in [-0.15, -0.1) is 11.3 Å². The molecule has 0 saturated carbocycles. The van der Waals surface area contributed by atoms with Crippen LogP contribution in [0.3, 0.4) is 0 Å². The number of urea groups is 1. The summed E-state index contributed by atoms with van der Waals surface area (Å²) in [5.41, 5.74) is 1.72. The predicted molar refractivity (Wildman–Crippen MR) is 110 cm³/mol. The van der Waals surface area contributed by atoms with E-state index in [0.29, 0.717) is 22.4 Å². The highest BCUT2D eigenvalue weighted by Crippen LogP contribution is 2.18. The number of hydrogen-bond acceptors (Lipinski definition) is 5. The van der Waals surface area contributed by atoms with Crippen molar-refractivity contribution in [1.82, 2.24) is 10.3 Å². The van der Waals surface area contributed by atoms with Crippen LogP contribution in [0.1, 0.15) is 16.1 Å². The highest BCUT2D eigenvalue weighted by molar-refractivity contribution is 7.14. The molecule has 0 spiro atoms. The second-order valence-electron chi connectivity index (χ2n) is 5.66. The van der Waals surface area contributed by atoms with Crippen LogP contribution in [-0.4, -0.2) is 24.0 Å². The summed E-state index contributed by atoms with van der Waals surface area (Å²) < 4.78 is 5.10. The van der Waals surface area contributed by atoms with Gasteiger partial charge in [-0.25, -0.2) is 9.78 Å². The van der Waals surface area contributed by atoms with Gasteiger partial charge in [0.15, 0.2) is 5.13 Å². The molecule has 0 saturated heterocycles. The Morgan fingerprint density at radius 3 is 2.64 bits per heavy atom. The molecule has 0 fully saturated rings. The summed E-state index contributed by atoms with van der Waals surface area (Å²) in [4.78, 5) is 28.4. The Kier molecular flexibility index (Phi) is 6.46. The van der Waals surface area contributed by atoms with Gasteiger partial charge in [0.1, 0.15) is 11.4 Å². The van der Waals surface area contributed by atoms with Gasteiger partial charge in [0, 0.05) is 22.6 Å². The molecule has 0 radical (unpaired) electrons. The molecule has 0 aliphatic heterocycles. The van der Waals surface area contributed by atoms with E-state index in [2.05, 4.69) is 20.9 Å².